The van der Waals surface area contributed by atoms with Crippen molar-refractivity contribution in [2.24, 2.45) is 0 Å². The lowest BCUT2D eigenvalue weighted by molar-refractivity contribution is 0.0785. The molecule has 0 radical (unpaired) electrons. The molecule has 0 aliphatic rings. The minimum atomic E-state index is -0.609. The predicted molar refractivity (Wildman–Crippen MR) is 128 cm³/mol. The number of hydrogen-bond acceptors (Lipinski definition) is 4. The van der Waals surface area contributed by atoms with Crippen LogP contribution in [0.4, 0.5) is 4.39 Å². The van der Waals surface area contributed by atoms with Gasteiger partial charge in [0.1, 0.15) is 11.6 Å². The van der Waals surface area contributed by atoms with Crippen LogP contribution in [0.3, 0.4) is 0 Å². The molecule has 0 spiro atoms. The topological polar surface area (TPSA) is 87.3 Å². The van der Waals surface area contributed by atoms with Crippen molar-refractivity contribution in [2.75, 3.05) is 20.7 Å². The number of fused-ring (bicyclic) bond motifs is 1. The zero-order chi connectivity index (χ0) is 24.2. The number of hydrogen-bond donors (Lipinski definition) is 2. The fourth-order valence-electron chi connectivity index (χ4n) is 3.88. The molecular weight excluding hydrogens is 435 g/mol. The summed E-state index contributed by atoms with van der Waals surface area (Å²) in [5, 5.41) is 10.5. The molecule has 0 aliphatic heterocycles. The maximum absolute atomic E-state index is 14.1. The predicted octanol–water partition coefficient (Wildman–Crippen LogP) is 4.40. The molecule has 0 atom stereocenters. The molecule has 7 nitrogen and oxygen atoms in total. The summed E-state index contributed by atoms with van der Waals surface area (Å²) in [5.74, 6) is -0.819. The van der Waals surface area contributed by atoms with Crippen LogP contribution < -0.4 is 10.1 Å². The number of carbonyl (C=O) groups is 2. The number of aromatic amines is 1. The standard InChI is InChI=1S/C26H25FN4O3/c1-4-34-23-13-17(8-10-20(23)16-9-11-22(27)21(12-16)25(32)28-2)26(33)31(3)15-19-7-5-6-18-14-29-30-24(18)19/h5-14H,4,15H2,1-3H3,(H,28,32)(H,29,30). The zero-order valence-corrected chi connectivity index (χ0v) is 19.2. The molecule has 2 N–H and O–H groups in total. The Kier molecular flexibility index (Phi) is 6.58. The summed E-state index contributed by atoms with van der Waals surface area (Å²) in [6, 6.07) is 15.3. The number of halogens is 1. The number of benzene rings is 3. The van der Waals surface area contributed by atoms with E-state index in [0.29, 0.717) is 35.6 Å². The van der Waals surface area contributed by atoms with Crippen LogP contribution in [0, 0.1) is 5.82 Å². The van der Waals surface area contributed by atoms with Crippen LogP contribution in [0.25, 0.3) is 22.0 Å². The molecular formula is C26H25FN4O3. The highest BCUT2D eigenvalue weighted by molar-refractivity contribution is 5.97. The van der Waals surface area contributed by atoms with Gasteiger partial charge < -0.3 is 15.0 Å². The first-order valence-electron chi connectivity index (χ1n) is 10.9. The van der Waals surface area contributed by atoms with E-state index in [4.69, 9.17) is 4.74 Å². The van der Waals surface area contributed by atoms with Crippen molar-refractivity contribution in [1.29, 1.82) is 0 Å². The van der Waals surface area contributed by atoms with Crippen LogP contribution in [0.15, 0.2) is 60.8 Å². The van der Waals surface area contributed by atoms with Gasteiger partial charge in [-0.05, 0) is 48.4 Å². The largest absolute Gasteiger partial charge is 0.493 e. The van der Waals surface area contributed by atoms with Crippen LogP contribution >= 0.6 is 0 Å². The Morgan fingerprint density at radius 2 is 1.97 bits per heavy atom. The van der Waals surface area contributed by atoms with Crippen molar-refractivity contribution < 1.29 is 18.7 Å². The second-order valence-corrected chi connectivity index (χ2v) is 7.83. The van der Waals surface area contributed by atoms with Crippen LogP contribution in [0.1, 0.15) is 33.2 Å². The number of amides is 2. The Morgan fingerprint density at radius 1 is 1.15 bits per heavy atom. The van der Waals surface area contributed by atoms with E-state index in [1.54, 1.807) is 42.4 Å². The summed E-state index contributed by atoms with van der Waals surface area (Å²) < 4.78 is 19.9. The van der Waals surface area contributed by atoms with Gasteiger partial charge in [0, 0.05) is 37.2 Å². The van der Waals surface area contributed by atoms with Gasteiger partial charge in [-0.25, -0.2) is 4.39 Å². The first kappa shape index (κ1) is 23.0. The molecule has 4 rings (SSSR count). The summed E-state index contributed by atoms with van der Waals surface area (Å²) in [5.41, 5.74) is 3.53. The third kappa shape index (κ3) is 4.47. The zero-order valence-electron chi connectivity index (χ0n) is 19.2. The first-order chi connectivity index (χ1) is 16.4. The van der Waals surface area contributed by atoms with Gasteiger partial charge in [-0.3, -0.25) is 14.7 Å². The maximum atomic E-state index is 14.1. The highest BCUT2D eigenvalue weighted by atomic mass is 19.1. The minimum Gasteiger partial charge on any atom is -0.493 e. The van der Waals surface area contributed by atoms with Crippen LogP contribution in [0.5, 0.6) is 5.75 Å². The van der Waals surface area contributed by atoms with E-state index < -0.39 is 11.7 Å². The molecule has 1 heterocycles. The van der Waals surface area contributed by atoms with E-state index >= 15 is 0 Å². The molecule has 1 aromatic heterocycles. The molecule has 0 saturated heterocycles. The van der Waals surface area contributed by atoms with E-state index in [-0.39, 0.29) is 11.5 Å². The molecule has 0 fully saturated rings. The maximum Gasteiger partial charge on any atom is 0.254 e. The SMILES string of the molecule is CCOc1cc(C(=O)N(C)Cc2cccc3cn[nH]c23)ccc1-c1ccc(F)c(C(=O)NC)c1. The van der Waals surface area contributed by atoms with E-state index in [1.807, 2.05) is 25.1 Å². The molecule has 0 bridgehead atoms. The van der Waals surface area contributed by atoms with Gasteiger partial charge in [-0.15, -0.1) is 0 Å². The molecule has 0 unspecified atom stereocenters. The summed E-state index contributed by atoms with van der Waals surface area (Å²) in [6.45, 7) is 2.62. The number of nitrogens with one attached hydrogen (secondary N) is 2. The van der Waals surface area contributed by atoms with Crippen molar-refractivity contribution in [1.82, 2.24) is 20.4 Å². The van der Waals surface area contributed by atoms with E-state index in [0.717, 1.165) is 16.5 Å². The third-order valence-electron chi connectivity index (χ3n) is 5.59. The minimum absolute atomic E-state index is 0.0599. The van der Waals surface area contributed by atoms with Crippen LogP contribution in [0.2, 0.25) is 0 Å². The third-order valence-corrected chi connectivity index (χ3v) is 5.59. The highest BCUT2D eigenvalue weighted by Crippen LogP contribution is 2.33. The van der Waals surface area contributed by atoms with Crippen molar-refractivity contribution in [3.63, 3.8) is 0 Å². The number of nitrogens with zero attached hydrogens (tertiary/aromatic N) is 2. The van der Waals surface area contributed by atoms with Gasteiger partial charge in [0.15, 0.2) is 0 Å². The molecule has 0 aliphatic carbocycles. The van der Waals surface area contributed by atoms with Gasteiger partial charge in [-0.2, -0.15) is 5.10 Å². The van der Waals surface area contributed by atoms with E-state index in [2.05, 4.69) is 15.5 Å². The second kappa shape index (κ2) is 9.74. The average Bonchev–Trinajstić information content (AvgIpc) is 3.34. The molecule has 34 heavy (non-hydrogen) atoms. The second-order valence-electron chi connectivity index (χ2n) is 7.83. The van der Waals surface area contributed by atoms with Gasteiger partial charge in [0.05, 0.1) is 23.9 Å². The Bertz CT molecular complexity index is 1370. The van der Waals surface area contributed by atoms with Crippen molar-refractivity contribution in [2.45, 2.75) is 13.5 Å². The molecule has 4 aromatic rings. The number of ether oxygens (including phenoxy) is 1. The molecule has 8 heteroatoms. The lowest BCUT2D eigenvalue weighted by atomic mass is 9.99. The van der Waals surface area contributed by atoms with E-state index in [9.17, 15) is 14.0 Å². The normalized spacial score (nSPS) is 10.8. The summed E-state index contributed by atoms with van der Waals surface area (Å²) in [4.78, 5) is 26.8. The summed E-state index contributed by atoms with van der Waals surface area (Å²) >= 11 is 0. The Hall–Kier alpha value is -4.20. The smallest absolute Gasteiger partial charge is 0.254 e. The highest BCUT2D eigenvalue weighted by Gasteiger charge is 2.18. The molecule has 0 saturated carbocycles. The van der Waals surface area contributed by atoms with Gasteiger partial charge in [0.2, 0.25) is 0 Å². The lowest BCUT2D eigenvalue weighted by Gasteiger charge is -2.19. The number of para-hydroxylation sites is 1. The summed E-state index contributed by atoms with van der Waals surface area (Å²) in [7, 11) is 3.19. The Balaban J connectivity index is 1.64. The van der Waals surface area contributed by atoms with E-state index in [1.165, 1.54) is 19.2 Å². The number of carbonyl (C=O) groups excluding carboxylic acids is 2. The van der Waals surface area contributed by atoms with Gasteiger partial charge in [0.25, 0.3) is 11.8 Å². The molecule has 174 valence electrons. The van der Waals surface area contributed by atoms with Crippen molar-refractivity contribution in [3.05, 3.63) is 83.3 Å². The average molecular weight is 461 g/mol. The van der Waals surface area contributed by atoms with Crippen molar-refractivity contribution in [3.8, 4) is 16.9 Å². The fourth-order valence-corrected chi connectivity index (χ4v) is 3.88. The quantitative estimate of drug-likeness (QED) is 0.428. The number of aromatic nitrogens is 2. The van der Waals surface area contributed by atoms with Crippen LogP contribution in [-0.4, -0.2) is 47.6 Å². The van der Waals surface area contributed by atoms with Gasteiger partial charge in [-0.1, -0.05) is 24.3 Å². The van der Waals surface area contributed by atoms with Gasteiger partial charge >= 0.3 is 0 Å². The number of rotatable bonds is 7. The number of H-pyrrole nitrogens is 1. The monoisotopic (exact) mass is 460 g/mol. The first-order valence-corrected chi connectivity index (χ1v) is 10.9. The molecule has 3 aromatic carbocycles. The van der Waals surface area contributed by atoms with Crippen molar-refractivity contribution >= 4 is 22.7 Å². The lowest BCUT2D eigenvalue weighted by Crippen LogP contribution is -2.26. The summed E-state index contributed by atoms with van der Waals surface area (Å²) in [6.07, 6.45) is 1.75. The van der Waals surface area contributed by atoms with Crippen LogP contribution in [-0.2, 0) is 6.54 Å². The molecule has 2 amide bonds. The Labute approximate surface area is 196 Å². The Morgan fingerprint density at radius 3 is 2.74 bits per heavy atom. The fraction of sp³-hybridized carbons (Fsp3) is 0.192.